The molecule has 4 N–H and O–H groups in total. The Morgan fingerprint density at radius 2 is 1.68 bits per heavy atom. The van der Waals surface area contributed by atoms with E-state index in [4.69, 9.17) is 16.2 Å². The maximum absolute atomic E-state index is 12.0. The van der Waals surface area contributed by atoms with Crippen LogP contribution in [0, 0.1) is 5.41 Å². The summed E-state index contributed by atoms with van der Waals surface area (Å²) in [4.78, 5) is 12.0. The normalized spacial score (nSPS) is 19.1. The summed E-state index contributed by atoms with van der Waals surface area (Å²) < 4.78 is 5.53. The topological polar surface area (TPSA) is 78.3 Å². The van der Waals surface area contributed by atoms with Crippen LogP contribution in [-0.4, -0.2) is 12.1 Å². The van der Waals surface area contributed by atoms with Crippen molar-refractivity contribution >= 4 is 17.3 Å². The summed E-state index contributed by atoms with van der Waals surface area (Å²) in [6, 6.07) is 4.83. The van der Waals surface area contributed by atoms with Crippen molar-refractivity contribution < 1.29 is 9.53 Å². The molecule has 19 heavy (non-hydrogen) atoms. The van der Waals surface area contributed by atoms with Crippen molar-refractivity contribution in [3.63, 3.8) is 0 Å². The lowest BCUT2D eigenvalue weighted by Gasteiger charge is -2.33. The van der Waals surface area contributed by atoms with Crippen molar-refractivity contribution in [2.75, 3.05) is 11.5 Å². The Morgan fingerprint density at radius 1 is 1.16 bits per heavy atom. The van der Waals surface area contributed by atoms with Crippen molar-refractivity contribution in [3.05, 3.63) is 23.8 Å². The molecule has 1 saturated carbocycles. The molecular weight excluding hydrogens is 240 g/mol. The Bertz CT molecular complexity index is 453. The van der Waals surface area contributed by atoms with Gasteiger partial charge in [0.2, 0.25) is 0 Å². The number of anilines is 2. The number of rotatable bonds is 2. The third-order valence-corrected chi connectivity index (χ3v) is 3.77. The Kier molecular flexibility index (Phi) is 3.69. The molecule has 0 aromatic heterocycles. The highest BCUT2D eigenvalue weighted by Gasteiger charge is 2.29. The molecule has 1 aliphatic rings. The van der Waals surface area contributed by atoms with Gasteiger partial charge in [-0.25, -0.2) is 4.79 Å². The second-order valence-electron chi connectivity index (χ2n) is 6.16. The van der Waals surface area contributed by atoms with E-state index in [-0.39, 0.29) is 12.1 Å². The molecule has 1 aromatic rings. The smallest absolute Gasteiger partial charge is 0.338 e. The van der Waals surface area contributed by atoms with Gasteiger partial charge in [0.15, 0.2) is 0 Å². The van der Waals surface area contributed by atoms with Gasteiger partial charge >= 0.3 is 5.97 Å². The van der Waals surface area contributed by atoms with Crippen LogP contribution in [-0.2, 0) is 4.74 Å². The summed E-state index contributed by atoms with van der Waals surface area (Å²) in [6.07, 6.45) is 4.05. The highest BCUT2D eigenvalue weighted by Crippen LogP contribution is 2.36. The first kappa shape index (κ1) is 13.7. The van der Waals surface area contributed by atoms with Gasteiger partial charge in [-0.05, 0) is 49.3 Å². The predicted octanol–water partition coefficient (Wildman–Crippen LogP) is 2.98. The van der Waals surface area contributed by atoms with Gasteiger partial charge in [0.25, 0.3) is 0 Å². The predicted molar refractivity (Wildman–Crippen MR) is 76.7 cm³/mol. The molecule has 0 radical (unpaired) electrons. The molecule has 0 spiro atoms. The summed E-state index contributed by atoms with van der Waals surface area (Å²) in [6.45, 7) is 4.51. The average Bonchev–Trinajstić information content (AvgIpc) is 2.30. The van der Waals surface area contributed by atoms with Crippen LogP contribution in [0.25, 0.3) is 0 Å². The molecule has 0 atom stereocenters. The standard InChI is InChI=1S/C15H22N2O2/c1-15(2)5-3-13(4-6-15)19-14(18)10-7-11(16)9-12(17)8-10/h7-9,13H,3-6,16-17H2,1-2H3. The molecule has 0 saturated heterocycles. The SMILES string of the molecule is CC1(C)CCC(OC(=O)c2cc(N)cc(N)c2)CC1. The zero-order valence-electron chi connectivity index (χ0n) is 11.6. The maximum atomic E-state index is 12.0. The van der Waals surface area contributed by atoms with Gasteiger partial charge in [0.05, 0.1) is 5.56 Å². The zero-order valence-corrected chi connectivity index (χ0v) is 11.6. The summed E-state index contributed by atoms with van der Waals surface area (Å²) in [5, 5.41) is 0. The van der Waals surface area contributed by atoms with E-state index in [2.05, 4.69) is 13.8 Å². The van der Waals surface area contributed by atoms with Crippen molar-refractivity contribution in [2.45, 2.75) is 45.6 Å². The van der Waals surface area contributed by atoms with Gasteiger partial charge in [-0.3, -0.25) is 0 Å². The zero-order chi connectivity index (χ0) is 14.0. The molecule has 0 aliphatic heterocycles. The molecule has 0 bridgehead atoms. The van der Waals surface area contributed by atoms with Crippen LogP contribution < -0.4 is 11.5 Å². The number of esters is 1. The molecule has 0 heterocycles. The molecule has 1 aliphatic carbocycles. The van der Waals surface area contributed by atoms with E-state index in [1.807, 2.05) is 0 Å². The second kappa shape index (κ2) is 5.11. The first-order chi connectivity index (χ1) is 8.85. The first-order valence-electron chi connectivity index (χ1n) is 6.73. The number of nitrogens with two attached hydrogens (primary N) is 2. The van der Waals surface area contributed by atoms with Gasteiger partial charge in [-0.15, -0.1) is 0 Å². The minimum absolute atomic E-state index is 0.0168. The van der Waals surface area contributed by atoms with Crippen LogP contribution in [0.4, 0.5) is 11.4 Å². The van der Waals surface area contributed by atoms with Crippen molar-refractivity contribution in [1.29, 1.82) is 0 Å². The fraction of sp³-hybridized carbons (Fsp3) is 0.533. The van der Waals surface area contributed by atoms with Gasteiger partial charge in [0.1, 0.15) is 6.10 Å². The minimum Gasteiger partial charge on any atom is -0.459 e. The van der Waals surface area contributed by atoms with E-state index < -0.39 is 0 Å². The number of ether oxygens (including phenoxy) is 1. The summed E-state index contributed by atoms with van der Waals surface area (Å²) in [5.74, 6) is -0.330. The number of hydrogen-bond donors (Lipinski definition) is 2. The van der Waals surface area contributed by atoms with Crippen LogP contribution in [0.15, 0.2) is 18.2 Å². The minimum atomic E-state index is -0.330. The van der Waals surface area contributed by atoms with Crippen LogP contribution in [0.2, 0.25) is 0 Å². The molecule has 104 valence electrons. The van der Waals surface area contributed by atoms with Crippen molar-refractivity contribution in [3.8, 4) is 0 Å². The van der Waals surface area contributed by atoms with Gasteiger partial charge < -0.3 is 16.2 Å². The van der Waals surface area contributed by atoms with E-state index in [1.165, 1.54) is 0 Å². The summed E-state index contributed by atoms with van der Waals surface area (Å²) in [5.41, 5.74) is 13.1. The second-order valence-corrected chi connectivity index (χ2v) is 6.16. The highest BCUT2D eigenvalue weighted by molar-refractivity contribution is 5.91. The summed E-state index contributed by atoms with van der Waals surface area (Å²) >= 11 is 0. The van der Waals surface area contributed by atoms with Gasteiger partial charge in [-0.1, -0.05) is 13.8 Å². The fourth-order valence-corrected chi connectivity index (χ4v) is 2.50. The van der Waals surface area contributed by atoms with E-state index >= 15 is 0 Å². The molecule has 0 amide bonds. The largest absolute Gasteiger partial charge is 0.459 e. The van der Waals surface area contributed by atoms with Crippen molar-refractivity contribution in [1.82, 2.24) is 0 Å². The number of carbonyl (C=O) groups is 1. The average molecular weight is 262 g/mol. The van der Waals surface area contributed by atoms with E-state index in [9.17, 15) is 4.79 Å². The number of carbonyl (C=O) groups excluding carboxylic acids is 1. The van der Waals surface area contributed by atoms with Crippen LogP contribution in [0.1, 0.15) is 49.9 Å². The molecule has 1 fully saturated rings. The number of nitrogen functional groups attached to an aromatic ring is 2. The Morgan fingerprint density at radius 3 is 2.21 bits per heavy atom. The van der Waals surface area contributed by atoms with E-state index in [0.717, 1.165) is 25.7 Å². The maximum Gasteiger partial charge on any atom is 0.338 e. The molecule has 4 heteroatoms. The lowest BCUT2D eigenvalue weighted by atomic mass is 9.76. The van der Waals surface area contributed by atoms with Crippen LogP contribution in [0.3, 0.4) is 0 Å². The third-order valence-electron chi connectivity index (χ3n) is 3.77. The summed E-state index contributed by atoms with van der Waals surface area (Å²) in [7, 11) is 0. The van der Waals surface area contributed by atoms with E-state index in [0.29, 0.717) is 22.4 Å². The van der Waals surface area contributed by atoms with Crippen molar-refractivity contribution in [2.24, 2.45) is 5.41 Å². The third kappa shape index (κ3) is 3.63. The Hall–Kier alpha value is -1.71. The monoisotopic (exact) mass is 262 g/mol. The molecule has 1 aromatic carbocycles. The molecular formula is C15H22N2O2. The Labute approximate surface area is 114 Å². The van der Waals surface area contributed by atoms with E-state index in [1.54, 1.807) is 18.2 Å². The first-order valence-corrected chi connectivity index (χ1v) is 6.73. The Balaban J connectivity index is 1.98. The fourth-order valence-electron chi connectivity index (χ4n) is 2.50. The van der Waals surface area contributed by atoms with Gasteiger partial charge in [-0.2, -0.15) is 0 Å². The van der Waals surface area contributed by atoms with Crippen LogP contribution >= 0.6 is 0 Å². The highest BCUT2D eigenvalue weighted by atomic mass is 16.5. The lowest BCUT2D eigenvalue weighted by Crippen LogP contribution is -2.28. The molecule has 2 rings (SSSR count). The number of hydrogen-bond acceptors (Lipinski definition) is 4. The molecule has 0 unspecified atom stereocenters. The van der Waals surface area contributed by atoms with Crippen LogP contribution in [0.5, 0.6) is 0 Å². The number of benzene rings is 1. The quantitative estimate of drug-likeness (QED) is 0.634. The lowest BCUT2D eigenvalue weighted by molar-refractivity contribution is 0.00952. The van der Waals surface area contributed by atoms with Gasteiger partial charge in [0, 0.05) is 11.4 Å². The molecule has 4 nitrogen and oxygen atoms in total.